The minimum absolute atomic E-state index is 0.187. The summed E-state index contributed by atoms with van der Waals surface area (Å²) < 4.78 is 31.3. The van der Waals surface area contributed by atoms with E-state index in [9.17, 15) is 13.9 Å². The Kier molecular flexibility index (Phi) is 4.24. The van der Waals surface area contributed by atoms with Crippen LogP contribution in [0.4, 0.5) is 8.78 Å². The molecule has 1 unspecified atom stereocenters. The minimum atomic E-state index is -1.07. The number of aliphatic hydroxyl groups excluding tert-OH is 1. The Morgan fingerprint density at radius 1 is 1.05 bits per heavy atom. The van der Waals surface area contributed by atoms with E-state index >= 15 is 0 Å². The maximum atomic E-state index is 13.1. The smallest absolute Gasteiger partial charge is 0.126 e. The molecule has 0 bridgehead atoms. The molecular formula is C15H14F2O2. The highest BCUT2D eigenvalue weighted by molar-refractivity contribution is 5.33. The predicted molar refractivity (Wildman–Crippen MR) is 67.6 cm³/mol. The molecule has 0 spiro atoms. The van der Waals surface area contributed by atoms with Gasteiger partial charge < -0.3 is 9.84 Å². The van der Waals surface area contributed by atoms with Gasteiger partial charge in [-0.05, 0) is 28.8 Å². The molecule has 1 atom stereocenters. The largest absolute Gasteiger partial charge is 0.384 e. The standard InChI is InChI=1S/C15H14F2O2/c1-19-9-10-3-2-4-11(5-10)15(18)12-6-13(16)8-14(17)7-12/h2-8,15,18H,9H2,1H3. The topological polar surface area (TPSA) is 29.5 Å². The SMILES string of the molecule is COCc1cccc(C(O)c2cc(F)cc(F)c2)c1. The van der Waals surface area contributed by atoms with Gasteiger partial charge in [0.15, 0.2) is 0 Å². The number of rotatable bonds is 4. The Balaban J connectivity index is 2.32. The van der Waals surface area contributed by atoms with Crippen LogP contribution >= 0.6 is 0 Å². The fourth-order valence-electron chi connectivity index (χ4n) is 1.95. The van der Waals surface area contributed by atoms with Gasteiger partial charge in [0.25, 0.3) is 0 Å². The van der Waals surface area contributed by atoms with Crippen molar-refractivity contribution in [3.8, 4) is 0 Å². The van der Waals surface area contributed by atoms with Crippen molar-refractivity contribution in [3.05, 3.63) is 70.8 Å². The van der Waals surface area contributed by atoms with E-state index in [1.165, 1.54) is 0 Å². The van der Waals surface area contributed by atoms with E-state index in [0.29, 0.717) is 12.2 Å². The summed E-state index contributed by atoms with van der Waals surface area (Å²) >= 11 is 0. The first-order valence-electron chi connectivity index (χ1n) is 5.82. The first-order chi connectivity index (χ1) is 9.10. The quantitative estimate of drug-likeness (QED) is 0.919. The lowest BCUT2D eigenvalue weighted by Gasteiger charge is -2.13. The van der Waals surface area contributed by atoms with Crippen LogP contribution < -0.4 is 0 Å². The van der Waals surface area contributed by atoms with Crippen molar-refractivity contribution in [1.29, 1.82) is 0 Å². The molecule has 2 rings (SSSR count). The predicted octanol–water partition coefficient (Wildman–Crippen LogP) is 3.19. The van der Waals surface area contributed by atoms with Crippen molar-refractivity contribution >= 4 is 0 Å². The van der Waals surface area contributed by atoms with E-state index < -0.39 is 17.7 Å². The summed E-state index contributed by atoms with van der Waals surface area (Å²) in [5, 5.41) is 10.2. The van der Waals surface area contributed by atoms with Crippen LogP contribution in [0.1, 0.15) is 22.8 Å². The molecule has 0 aliphatic heterocycles. The van der Waals surface area contributed by atoms with Crippen LogP contribution in [0.25, 0.3) is 0 Å². The molecule has 0 radical (unpaired) electrons. The fourth-order valence-corrected chi connectivity index (χ4v) is 1.95. The average molecular weight is 264 g/mol. The minimum Gasteiger partial charge on any atom is -0.384 e. The van der Waals surface area contributed by atoms with Crippen molar-refractivity contribution in [2.24, 2.45) is 0 Å². The molecule has 0 aromatic heterocycles. The molecule has 2 aromatic rings. The van der Waals surface area contributed by atoms with Crippen LogP contribution in [-0.2, 0) is 11.3 Å². The maximum absolute atomic E-state index is 13.1. The molecule has 0 aliphatic rings. The Labute approximate surface area is 110 Å². The monoisotopic (exact) mass is 264 g/mol. The first kappa shape index (κ1) is 13.6. The molecule has 0 amide bonds. The third-order valence-electron chi connectivity index (χ3n) is 2.78. The van der Waals surface area contributed by atoms with Crippen LogP contribution in [0.2, 0.25) is 0 Å². The second-order valence-corrected chi connectivity index (χ2v) is 4.28. The third-order valence-corrected chi connectivity index (χ3v) is 2.78. The number of methoxy groups -OCH3 is 1. The second kappa shape index (κ2) is 5.91. The van der Waals surface area contributed by atoms with Gasteiger partial charge in [-0.1, -0.05) is 24.3 Å². The van der Waals surface area contributed by atoms with Crippen molar-refractivity contribution in [1.82, 2.24) is 0 Å². The fraction of sp³-hybridized carbons (Fsp3) is 0.200. The second-order valence-electron chi connectivity index (χ2n) is 4.28. The van der Waals surface area contributed by atoms with Crippen LogP contribution in [0.5, 0.6) is 0 Å². The lowest BCUT2D eigenvalue weighted by atomic mass is 9.99. The summed E-state index contributed by atoms with van der Waals surface area (Å²) in [7, 11) is 1.57. The van der Waals surface area contributed by atoms with Crippen molar-refractivity contribution < 1.29 is 18.6 Å². The summed E-state index contributed by atoms with van der Waals surface area (Å²) in [5.74, 6) is -1.41. The molecule has 0 saturated heterocycles. The van der Waals surface area contributed by atoms with E-state index in [2.05, 4.69) is 0 Å². The molecule has 0 fully saturated rings. The molecule has 19 heavy (non-hydrogen) atoms. The summed E-state index contributed by atoms with van der Waals surface area (Å²) in [4.78, 5) is 0. The Morgan fingerprint density at radius 3 is 2.37 bits per heavy atom. The Morgan fingerprint density at radius 2 is 1.74 bits per heavy atom. The Bertz CT molecular complexity index is 550. The number of hydrogen-bond acceptors (Lipinski definition) is 2. The highest BCUT2D eigenvalue weighted by Crippen LogP contribution is 2.24. The van der Waals surface area contributed by atoms with Gasteiger partial charge in [0.05, 0.1) is 6.61 Å². The summed E-state index contributed by atoms with van der Waals surface area (Å²) in [6.07, 6.45) is -1.07. The highest BCUT2D eigenvalue weighted by Gasteiger charge is 2.13. The van der Waals surface area contributed by atoms with Gasteiger partial charge in [-0.3, -0.25) is 0 Å². The molecule has 0 aliphatic carbocycles. The van der Waals surface area contributed by atoms with Gasteiger partial charge in [0.1, 0.15) is 17.7 Å². The average Bonchev–Trinajstić information content (AvgIpc) is 2.37. The van der Waals surface area contributed by atoms with Crippen molar-refractivity contribution in [2.45, 2.75) is 12.7 Å². The number of ether oxygens (including phenoxy) is 1. The third kappa shape index (κ3) is 3.36. The van der Waals surface area contributed by atoms with Crippen LogP contribution in [0, 0.1) is 11.6 Å². The Hall–Kier alpha value is -1.78. The molecule has 4 heteroatoms. The molecule has 100 valence electrons. The van der Waals surface area contributed by atoms with Crippen molar-refractivity contribution in [3.63, 3.8) is 0 Å². The van der Waals surface area contributed by atoms with Gasteiger partial charge in [-0.25, -0.2) is 8.78 Å². The van der Waals surface area contributed by atoms with E-state index in [-0.39, 0.29) is 5.56 Å². The van der Waals surface area contributed by atoms with Gasteiger partial charge in [-0.15, -0.1) is 0 Å². The van der Waals surface area contributed by atoms with Crippen molar-refractivity contribution in [2.75, 3.05) is 7.11 Å². The summed E-state index contributed by atoms with van der Waals surface area (Å²) in [6, 6.07) is 10.1. The molecule has 1 N–H and O–H groups in total. The zero-order valence-electron chi connectivity index (χ0n) is 10.4. The number of hydrogen-bond donors (Lipinski definition) is 1. The summed E-state index contributed by atoms with van der Waals surface area (Å²) in [5.41, 5.74) is 1.64. The number of aliphatic hydroxyl groups is 1. The van der Waals surface area contributed by atoms with Gasteiger partial charge in [-0.2, -0.15) is 0 Å². The van der Waals surface area contributed by atoms with Crippen LogP contribution in [0.3, 0.4) is 0 Å². The lowest BCUT2D eigenvalue weighted by molar-refractivity contribution is 0.184. The molecule has 0 saturated carbocycles. The molecule has 0 heterocycles. The summed E-state index contributed by atoms with van der Waals surface area (Å²) in [6.45, 7) is 0.415. The van der Waals surface area contributed by atoms with E-state index in [1.54, 1.807) is 25.3 Å². The highest BCUT2D eigenvalue weighted by atomic mass is 19.1. The molecular weight excluding hydrogens is 250 g/mol. The number of halogens is 2. The van der Waals surface area contributed by atoms with E-state index in [1.807, 2.05) is 6.07 Å². The normalized spacial score (nSPS) is 12.4. The van der Waals surface area contributed by atoms with Crippen LogP contribution in [-0.4, -0.2) is 12.2 Å². The zero-order chi connectivity index (χ0) is 13.8. The zero-order valence-corrected chi connectivity index (χ0v) is 10.4. The van der Waals surface area contributed by atoms with E-state index in [4.69, 9.17) is 4.74 Å². The first-order valence-corrected chi connectivity index (χ1v) is 5.82. The van der Waals surface area contributed by atoms with Gasteiger partial charge in [0.2, 0.25) is 0 Å². The molecule has 2 nitrogen and oxygen atoms in total. The van der Waals surface area contributed by atoms with Gasteiger partial charge in [0, 0.05) is 13.2 Å². The van der Waals surface area contributed by atoms with E-state index in [0.717, 1.165) is 23.8 Å². The van der Waals surface area contributed by atoms with Gasteiger partial charge >= 0.3 is 0 Å². The number of benzene rings is 2. The maximum Gasteiger partial charge on any atom is 0.126 e. The van der Waals surface area contributed by atoms with Crippen LogP contribution in [0.15, 0.2) is 42.5 Å². The molecule has 2 aromatic carbocycles. The lowest BCUT2D eigenvalue weighted by Crippen LogP contribution is -2.02.